The van der Waals surface area contributed by atoms with Crippen LogP contribution in [-0.2, 0) is 0 Å². The van der Waals surface area contributed by atoms with E-state index < -0.39 is 0 Å². The van der Waals surface area contributed by atoms with Crippen molar-refractivity contribution in [2.45, 2.75) is 40.5 Å². The molecule has 1 aliphatic rings. The Morgan fingerprint density at radius 1 is 1.29 bits per heavy atom. The molecule has 0 heterocycles. The van der Waals surface area contributed by atoms with Gasteiger partial charge in [0, 0.05) is 18.3 Å². The zero-order valence-electron chi connectivity index (χ0n) is 11.3. The average Bonchev–Trinajstić information content (AvgIpc) is 3.12. The fourth-order valence-corrected chi connectivity index (χ4v) is 1.69. The summed E-state index contributed by atoms with van der Waals surface area (Å²) < 4.78 is 0. The molecule has 0 radical (unpaired) electrons. The van der Waals surface area contributed by atoms with E-state index in [4.69, 9.17) is 0 Å². The minimum atomic E-state index is 0.361. The third kappa shape index (κ3) is 4.22. The lowest BCUT2D eigenvalue weighted by Crippen LogP contribution is -1.90. The van der Waals surface area contributed by atoms with Crippen LogP contribution >= 0.6 is 0 Å². The maximum atomic E-state index is 9.81. The number of phenols is 1. The number of aliphatic imine (C=N–C) groups is 1. The van der Waals surface area contributed by atoms with Crippen molar-refractivity contribution in [1.29, 1.82) is 0 Å². The smallest absolute Gasteiger partial charge is 0.127 e. The molecular weight excluding hydrogens is 210 g/mol. The maximum absolute atomic E-state index is 9.81. The minimum Gasteiger partial charge on any atom is -0.507 e. The van der Waals surface area contributed by atoms with Crippen molar-refractivity contribution >= 4 is 6.21 Å². The Hall–Kier alpha value is -1.31. The molecule has 2 nitrogen and oxygen atoms in total. The van der Waals surface area contributed by atoms with Crippen LogP contribution in [-0.4, -0.2) is 17.9 Å². The average molecular weight is 233 g/mol. The molecule has 1 saturated carbocycles. The molecular formula is C15H23NO. The number of nitrogens with zero attached hydrogens (tertiary/aromatic N) is 1. The first-order valence-electron chi connectivity index (χ1n) is 6.47. The lowest BCUT2D eigenvalue weighted by Gasteiger charge is -2.04. The van der Waals surface area contributed by atoms with Crippen molar-refractivity contribution in [3.8, 4) is 5.75 Å². The molecule has 0 atom stereocenters. The van der Waals surface area contributed by atoms with Crippen LogP contribution in [0, 0.1) is 19.8 Å². The van der Waals surface area contributed by atoms with Crippen LogP contribution in [0.3, 0.4) is 0 Å². The molecule has 2 heteroatoms. The van der Waals surface area contributed by atoms with Crippen LogP contribution in [0.5, 0.6) is 5.75 Å². The first kappa shape index (κ1) is 13.8. The van der Waals surface area contributed by atoms with E-state index in [1.165, 1.54) is 12.8 Å². The molecule has 1 N–H and O–H groups in total. The highest BCUT2D eigenvalue weighted by Gasteiger charge is 2.19. The largest absolute Gasteiger partial charge is 0.507 e. The van der Waals surface area contributed by atoms with Gasteiger partial charge in [0.15, 0.2) is 0 Å². The predicted octanol–water partition coefficient (Wildman–Crippen LogP) is 3.86. The van der Waals surface area contributed by atoms with Gasteiger partial charge in [-0.25, -0.2) is 0 Å². The van der Waals surface area contributed by atoms with Crippen molar-refractivity contribution in [2.75, 3.05) is 6.54 Å². The Bertz CT molecular complexity index is 392. The third-order valence-electron chi connectivity index (χ3n) is 2.77. The van der Waals surface area contributed by atoms with Gasteiger partial charge in [-0.15, -0.1) is 0 Å². The molecule has 1 aromatic carbocycles. The van der Waals surface area contributed by atoms with Gasteiger partial charge in [0.05, 0.1) is 0 Å². The number of rotatable bonds is 3. The fourth-order valence-electron chi connectivity index (χ4n) is 1.69. The van der Waals surface area contributed by atoms with Gasteiger partial charge in [0.25, 0.3) is 0 Å². The SMILES string of the molecule is CC.Cc1cc(C)c(O)c(C=NCC2CC2)c1. The minimum absolute atomic E-state index is 0.361. The van der Waals surface area contributed by atoms with Crippen molar-refractivity contribution in [2.24, 2.45) is 10.9 Å². The van der Waals surface area contributed by atoms with Crippen molar-refractivity contribution in [3.63, 3.8) is 0 Å². The van der Waals surface area contributed by atoms with Gasteiger partial charge in [-0.2, -0.15) is 0 Å². The first-order chi connectivity index (χ1) is 8.16. The van der Waals surface area contributed by atoms with Gasteiger partial charge in [0.1, 0.15) is 5.75 Å². The molecule has 0 bridgehead atoms. The molecule has 0 aromatic heterocycles. The molecule has 17 heavy (non-hydrogen) atoms. The van der Waals surface area contributed by atoms with Crippen molar-refractivity contribution in [1.82, 2.24) is 0 Å². The number of hydrogen-bond donors (Lipinski definition) is 1. The Morgan fingerprint density at radius 2 is 1.94 bits per heavy atom. The highest BCUT2D eigenvalue weighted by Crippen LogP contribution is 2.29. The number of aromatic hydroxyl groups is 1. The van der Waals surface area contributed by atoms with E-state index >= 15 is 0 Å². The molecule has 94 valence electrons. The standard InChI is InChI=1S/C13H17NO.C2H6/c1-9-5-10(2)13(15)12(6-9)8-14-7-11-3-4-11;1-2/h5-6,8,11,15H,3-4,7H2,1-2H3;1-2H3. The molecule has 0 unspecified atom stereocenters. The van der Waals surface area contributed by atoms with Crippen LogP contribution in [0.1, 0.15) is 43.4 Å². The van der Waals surface area contributed by atoms with E-state index in [9.17, 15) is 5.11 Å². The molecule has 0 amide bonds. The lowest BCUT2D eigenvalue weighted by molar-refractivity contribution is 0.470. The summed E-state index contributed by atoms with van der Waals surface area (Å²) in [4.78, 5) is 4.36. The van der Waals surface area contributed by atoms with Gasteiger partial charge in [0.2, 0.25) is 0 Å². The second-order valence-corrected chi connectivity index (χ2v) is 4.46. The van der Waals surface area contributed by atoms with Gasteiger partial charge < -0.3 is 5.11 Å². The Kier molecular flexibility index (Phi) is 5.20. The second-order valence-electron chi connectivity index (χ2n) is 4.46. The topological polar surface area (TPSA) is 32.6 Å². The van der Waals surface area contributed by atoms with Crippen LogP contribution in [0.15, 0.2) is 17.1 Å². The normalized spacial score (nSPS) is 14.6. The molecule has 2 rings (SSSR count). The molecule has 0 spiro atoms. The summed E-state index contributed by atoms with van der Waals surface area (Å²) in [6, 6.07) is 3.95. The van der Waals surface area contributed by atoms with Crippen molar-refractivity contribution in [3.05, 3.63) is 28.8 Å². The Balaban J connectivity index is 0.000000686. The van der Waals surface area contributed by atoms with Crippen LogP contribution in [0.4, 0.5) is 0 Å². The maximum Gasteiger partial charge on any atom is 0.127 e. The number of phenolic OH excluding ortho intramolecular Hbond substituents is 1. The van der Waals surface area contributed by atoms with E-state index in [0.717, 1.165) is 29.2 Å². The summed E-state index contributed by atoms with van der Waals surface area (Å²) in [5.41, 5.74) is 2.93. The monoisotopic (exact) mass is 233 g/mol. The zero-order chi connectivity index (χ0) is 12.8. The van der Waals surface area contributed by atoms with Crippen LogP contribution in [0.2, 0.25) is 0 Å². The predicted molar refractivity (Wildman–Crippen MR) is 74.1 cm³/mol. The van der Waals surface area contributed by atoms with E-state index in [1.54, 1.807) is 6.21 Å². The fraction of sp³-hybridized carbons (Fsp3) is 0.533. The van der Waals surface area contributed by atoms with Crippen molar-refractivity contribution < 1.29 is 5.11 Å². The lowest BCUT2D eigenvalue weighted by atomic mass is 10.1. The summed E-state index contributed by atoms with van der Waals surface area (Å²) >= 11 is 0. The number of benzene rings is 1. The zero-order valence-corrected chi connectivity index (χ0v) is 11.3. The second kappa shape index (κ2) is 6.43. The highest BCUT2D eigenvalue weighted by molar-refractivity contribution is 5.84. The molecule has 0 aliphatic heterocycles. The van der Waals surface area contributed by atoms with Crippen LogP contribution in [0.25, 0.3) is 0 Å². The Morgan fingerprint density at radius 3 is 2.53 bits per heavy atom. The van der Waals surface area contributed by atoms with E-state index in [0.29, 0.717) is 5.75 Å². The first-order valence-corrected chi connectivity index (χ1v) is 6.47. The van der Waals surface area contributed by atoms with Gasteiger partial charge in [-0.3, -0.25) is 4.99 Å². The number of aryl methyl sites for hydroxylation is 2. The van der Waals surface area contributed by atoms with E-state index in [-0.39, 0.29) is 0 Å². The molecule has 0 saturated heterocycles. The van der Waals surface area contributed by atoms with Gasteiger partial charge >= 0.3 is 0 Å². The van der Waals surface area contributed by atoms with E-state index in [2.05, 4.69) is 4.99 Å². The summed E-state index contributed by atoms with van der Waals surface area (Å²) in [6.45, 7) is 8.86. The molecule has 1 aromatic rings. The van der Waals surface area contributed by atoms with Crippen LogP contribution < -0.4 is 0 Å². The number of hydrogen-bond acceptors (Lipinski definition) is 2. The third-order valence-corrected chi connectivity index (χ3v) is 2.77. The summed E-state index contributed by atoms with van der Waals surface area (Å²) in [7, 11) is 0. The van der Waals surface area contributed by atoms with Gasteiger partial charge in [-0.05, 0) is 49.8 Å². The quantitative estimate of drug-likeness (QED) is 0.790. The Labute approximate surface area is 104 Å². The summed E-state index contributed by atoms with van der Waals surface area (Å²) in [5, 5.41) is 9.81. The summed E-state index contributed by atoms with van der Waals surface area (Å²) in [5.74, 6) is 1.16. The molecule has 1 aliphatic carbocycles. The molecule has 1 fully saturated rings. The summed E-state index contributed by atoms with van der Waals surface area (Å²) in [6.07, 6.45) is 4.43. The van der Waals surface area contributed by atoms with E-state index in [1.807, 2.05) is 39.8 Å². The highest BCUT2D eigenvalue weighted by atomic mass is 16.3. The van der Waals surface area contributed by atoms with Gasteiger partial charge in [-0.1, -0.05) is 19.9 Å².